The van der Waals surface area contributed by atoms with Crippen LogP contribution < -0.4 is 4.74 Å². The lowest BCUT2D eigenvalue weighted by molar-refractivity contribution is -0.139. The number of carbonyl (C=O) groups excluding carboxylic acids is 2. The van der Waals surface area contributed by atoms with Crippen molar-refractivity contribution in [1.82, 2.24) is 0 Å². The van der Waals surface area contributed by atoms with E-state index in [0.29, 0.717) is 55.8 Å². The minimum Gasteiger partial charge on any atom is -0.493 e. The van der Waals surface area contributed by atoms with Crippen LogP contribution in [0.1, 0.15) is 128 Å². The average Bonchev–Trinajstić information content (AvgIpc) is 3.13. The molecule has 0 aromatic heterocycles. The van der Waals surface area contributed by atoms with Crippen molar-refractivity contribution in [2.45, 2.75) is 124 Å². The van der Waals surface area contributed by atoms with Crippen molar-refractivity contribution in [1.29, 1.82) is 0 Å². The van der Waals surface area contributed by atoms with Gasteiger partial charge in [-0.05, 0) is 135 Å². The Bertz CT molecular complexity index is 1370. The van der Waals surface area contributed by atoms with Crippen LogP contribution in [0.5, 0.6) is 5.75 Å². The zero-order valence-corrected chi connectivity index (χ0v) is 31.9. The van der Waals surface area contributed by atoms with E-state index in [9.17, 15) is 19.8 Å². The summed E-state index contributed by atoms with van der Waals surface area (Å²) in [6.07, 6.45) is 14.4. The number of rotatable bonds is 23. The minimum absolute atomic E-state index is 0. The third-order valence-electron chi connectivity index (χ3n) is 10.2. The lowest BCUT2D eigenvalue weighted by Crippen LogP contribution is -2.16. The largest absolute Gasteiger partial charge is 0.493 e. The molecule has 3 rings (SSSR count). The first-order valence-corrected chi connectivity index (χ1v) is 19.4. The average molecular weight is 707 g/mol. The molecular weight excluding hydrogens is 640 g/mol. The molecule has 0 amide bonds. The second-order valence-corrected chi connectivity index (χ2v) is 14.5. The number of aliphatic hydroxyl groups is 2. The Morgan fingerprint density at radius 1 is 0.804 bits per heavy atom. The van der Waals surface area contributed by atoms with Crippen LogP contribution in [-0.2, 0) is 38.3 Å². The molecule has 7 heteroatoms. The van der Waals surface area contributed by atoms with Gasteiger partial charge in [0.1, 0.15) is 5.75 Å². The highest BCUT2D eigenvalue weighted by Crippen LogP contribution is 2.40. The summed E-state index contributed by atoms with van der Waals surface area (Å²) in [5.74, 6) is 1.18. The van der Waals surface area contributed by atoms with Gasteiger partial charge in [0.2, 0.25) is 0 Å². The molecule has 0 heterocycles. The number of hydrogen-bond acceptors (Lipinski definition) is 7. The second-order valence-electron chi connectivity index (χ2n) is 14.5. The van der Waals surface area contributed by atoms with E-state index < -0.39 is 11.9 Å². The first-order valence-electron chi connectivity index (χ1n) is 19.4. The molecule has 1 aliphatic rings. The van der Waals surface area contributed by atoms with E-state index in [1.54, 1.807) is 13.8 Å². The van der Waals surface area contributed by atoms with Gasteiger partial charge in [-0.1, -0.05) is 70.9 Å². The number of esters is 2. The molecule has 0 bridgehead atoms. The van der Waals surface area contributed by atoms with Crippen molar-refractivity contribution >= 4 is 11.9 Å². The highest BCUT2D eigenvalue weighted by atomic mass is 16.5. The monoisotopic (exact) mass is 706 g/mol. The summed E-state index contributed by atoms with van der Waals surface area (Å²) < 4.78 is 17.3. The highest BCUT2D eigenvalue weighted by Gasteiger charge is 2.23. The molecule has 51 heavy (non-hydrogen) atoms. The Morgan fingerprint density at radius 2 is 1.39 bits per heavy atom. The van der Waals surface area contributed by atoms with Gasteiger partial charge in [0.05, 0.1) is 19.8 Å². The summed E-state index contributed by atoms with van der Waals surface area (Å²) >= 11 is 0. The maximum atomic E-state index is 12.1. The fourth-order valence-corrected chi connectivity index (χ4v) is 7.05. The third-order valence-corrected chi connectivity index (χ3v) is 10.2. The molecule has 2 aromatic rings. The van der Waals surface area contributed by atoms with Crippen molar-refractivity contribution in [3.63, 3.8) is 0 Å². The normalized spacial score (nSPS) is 15.8. The van der Waals surface area contributed by atoms with Crippen LogP contribution in [0.15, 0.2) is 54.6 Å². The van der Waals surface area contributed by atoms with Crippen LogP contribution in [0, 0.1) is 11.8 Å². The van der Waals surface area contributed by atoms with Gasteiger partial charge in [-0.3, -0.25) is 0 Å². The summed E-state index contributed by atoms with van der Waals surface area (Å²) in [7, 11) is 0. The zero-order valence-electron chi connectivity index (χ0n) is 31.9. The molecular formula is C44H66O7. The number of benzene rings is 2. The van der Waals surface area contributed by atoms with Crippen molar-refractivity contribution < 1.29 is 35.4 Å². The Hall–Kier alpha value is -3.42. The highest BCUT2D eigenvalue weighted by molar-refractivity contribution is 5.87. The van der Waals surface area contributed by atoms with E-state index in [-0.39, 0.29) is 33.8 Å². The molecule has 2 N–H and O–H groups in total. The number of aliphatic hydroxyl groups excluding tert-OH is 2. The number of unbranched alkanes of at least 4 members (excludes halogenated alkanes) is 2. The Balaban J connectivity index is 0.00000936. The van der Waals surface area contributed by atoms with E-state index in [0.717, 1.165) is 34.8 Å². The van der Waals surface area contributed by atoms with Crippen LogP contribution >= 0.6 is 0 Å². The number of aryl methyl sites for hydroxylation is 3. The predicted octanol–water partition coefficient (Wildman–Crippen LogP) is 9.49. The van der Waals surface area contributed by atoms with E-state index in [2.05, 4.69) is 57.3 Å². The maximum absolute atomic E-state index is 12.1. The molecule has 1 saturated carbocycles. The summed E-state index contributed by atoms with van der Waals surface area (Å²) in [6, 6.07) is 11.5. The van der Waals surface area contributed by atoms with Crippen LogP contribution in [0.2, 0.25) is 0 Å². The van der Waals surface area contributed by atoms with E-state index in [1.165, 1.54) is 68.1 Å². The van der Waals surface area contributed by atoms with Crippen molar-refractivity contribution in [3.8, 4) is 16.9 Å². The van der Waals surface area contributed by atoms with Gasteiger partial charge in [-0.15, -0.1) is 0 Å². The first-order chi connectivity index (χ1) is 24.6. The van der Waals surface area contributed by atoms with Crippen molar-refractivity contribution in [3.05, 3.63) is 76.9 Å². The summed E-state index contributed by atoms with van der Waals surface area (Å²) in [6.45, 7) is 15.8. The molecule has 0 saturated heterocycles. The molecule has 0 aliphatic heterocycles. The van der Waals surface area contributed by atoms with Gasteiger partial charge in [-0.2, -0.15) is 0 Å². The molecule has 0 atom stereocenters. The van der Waals surface area contributed by atoms with Gasteiger partial charge in [-0.25, -0.2) is 9.59 Å². The number of hydrogen-bond donors (Lipinski definition) is 2. The van der Waals surface area contributed by atoms with E-state index >= 15 is 0 Å². The van der Waals surface area contributed by atoms with Crippen molar-refractivity contribution in [2.75, 3.05) is 33.0 Å². The fourth-order valence-electron chi connectivity index (χ4n) is 7.05. The zero-order chi connectivity index (χ0) is 37.2. The van der Waals surface area contributed by atoms with Crippen LogP contribution in [0.3, 0.4) is 0 Å². The van der Waals surface area contributed by atoms with Gasteiger partial charge in [0.15, 0.2) is 0 Å². The number of carbonyl (C=O) groups is 2. The minimum atomic E-state index is -0.401. The second kappa shape index (κ2) is 22.5. The molecule has 7 nitrogen and oxygen atoms in total. The summed E-state index contributed by atoms with van der Waals surface area (Å²) in [5, 5.41) is 19.3. The van der Waals surface area contributed by atoms with Crippen LogP contribution in [0.25, 0.3) is 11.1 Å². The summed E-state index contributed by atoms with van der Waals surface area (Å²) in [4.78, 5) is 24.1. The van der Waals surface area contributed by atoms with Gasteiger partial charge < -0.3 is 24.4 Å². The van der Waals surface area contributed by atoms with E-state index in [1.807, 2.05) is 0 Å². The van der Waals surface area contributed by atoms with E-state index in [4.69, 9.17) is 14.2 Å². The lowest BCUT2D eigenvalue weighted by Gasteiger charge is -2.29. The number of ether oxygens (including phenoxy) is 3. The molecule has 1 fully saturated rings. The smallest absolute Gasteiger partial charge is 0.333 e. The van der Waals surface area contributed by atoms with Crippen molar-refractivity contribution in [2.24, 2.45) is 11.8 Å². The summed E-state index contributed by atoms with van der Waals surface area (Å²) in [5.41, 5.74) is 7.83. The molecule has 1 aliphatic carbocycles. The maximum Gasteiger partial charge on any atom is 0.333 e. The van der Waals surface area contributed by atoms with Gasteiger partial charge >= 0.3 is 11.9 Å². The SMILES string of the molecule is C=C(C)C(=O)OCCCc1cc(-c2ccc(C3CCC(CCCCC)CC3)cc2CC)cc(CCCOC(=O)C(=C)C)c1OCCC(CO)CO.[HH]. The Morgan fingerprint density at radius 3 is 1.90 bits per heavy atom. The van der Waals surface area contributed by atoms with Crippen LogP contribution in [-0.4, -0.2) is 55.2 Å². The Labute approximate surface area is 309 Å². The molecule has 0 unspecified atom stereocenters. The molecule has 0 spiro atoms. The Kier molecular flexibility index (Phi) is 18.5. The van der Waals surface area contributed by atoms with Gasteiger partial charge in [0, 0.05) is 31.7 Å². The topological polar surface area (TPSA) is 102 Å². The molecule has 2 aromatic carbocycles. The molecule has 0 radical (unpaired) electrons. The fraction of sp³-hybridized carbons (Fsp3) is 0.591. The van der Waals surface area contributed by atoms with Gasteiger partial charge in [0.25, 0.3) is 0 Å². The molecule has 284 valence electrons. The van der Waals surface area contributed by atoms with Crippen LogP contribution in [0.4, 0.5) is 0 Å². The standard InChI is InChI=1S/C44H64O7.H2/c1-7-9-10-13-33-16-18-36(19-17-33)37-20-21-41(35(8-2)26-37)40-27-38(14-11-23-50-43(47)31(3)4)42(49-25-22-34(29-45)30-46)39(28-40)15-12-24-51-44(48)32(5)6;/h20-21,26-28,33-34,36,45-46H,3,5,7-19,22-25,29-30H2,1-2,4,6H3;1H. The lowest BCUT2D eigenvalue weighted by atomic mass is 9.76. The quantitative estimate of drug-likeness (QED) is 0.0674. The first kappa shape index (κ1) is 42.0. The third kappa shape index (κ3) is 13.6. The predicted molar refractivity (Wildman–Crippen MR) is 208 cm³/mol.